The smallest absolute Gasteiger partial charge is 0.326 e. The molecule has 0 bridgehead atoms. The van der Waals surface area contributed by atoms with Crippen LogP contribution >= 0.6 is 0 Å². The molecule has 1 rings (SSSR count). The highest BCUT2D eigenvalue weighted by atomic mass is 16.4. The molecule has 1 aliphatic heterocycles. The number of carbonyl (C=O) groups excluding carboxylic acids is 3. The molecule has 5 N–H and O–H groups in total. The van der Waals surface area contributed by atoms with Crippen molar-refractivity contribution in [1.29, 1.82) is 0 Å². The topological polar surface area (TPSA) is 142 Å². The van der Waals surface area contributed by atoms with Crippen molar-refractivity contribution in [2.75, 3.05) is 6.54 Å². The molecule has 5 atom stereocenters. The van der Waals surface area contributed by atoms with E-state index in [1.165, 1.54) is 4.90 Å². The fourth-order valence-corrected chi connectivity index (χ4v) is 3.28. The number of aliphatic carboxylic acids is 1. The summed E-state index contributed by atoms with van der Waals surface area (Å²) in [5.41, 5.74) is 5.66. The number of hydrogen-bond donors (Lipinski definition) is 4. The molecule has 0 aromatic heterocycles. The molecule has 0 radical (unpaired) electrons. The lowest BCUT2D eigenvalue weighted by atomic mass is 9.97. The summed E-state index contributed by atoms with van der Waals surface area (Å²) in [6, 6.07) is -3.30. The van der Waals surface area contributed by atoms with Gasteiger partial charge in [0.2, 0.25) is 17.7 Å². The highest BCUT2D eigenvalue weighted by Crippen LogP contribution is 2.19. The lowest BCUT2D eigenvalue weighted by Crippen LogP contribution is -2.58. The molecule has 1 fully saturated rings. The van der Waals surface area contributed by atoms with Gasteiger partial charge in [0.05, 0.1) is 6.04 Å². The third-order valence-corrected chi connectivity index (χ3v) is 5.25. The predicted octanol–water partition coefficient (Wildman–Crippen LogP) is 0.0809. The fraction of sp³-hybridized carbons (Fsp3) is 0.789. The Kier molecular flexibility index (Phi) is 8.87. The van der Waals surface area contributed by atoms with Crippen LogP contribution in [-0.2, 0) is 19.2 Å². The maximum atomic E-state index is 12.8. The van der Waals surface area contributed by atoms with Crippen molar-refractivity contribution in [2.24, 2.45) is 17.6 Å². The third-order valence-electron chi connectivity index (χ3n) is 5.25. The molecule has 0 aromatic rings. The average molecular weight is 399 g/mol. The molecule has 0 spiro atoms. The highest BCUT2D eigenvalue weighted by molar-refractivity contribution is 5.94. The Morgan fingerprint density at radius 1 is 1.11 bits per heavy atom. The van der Waals surface area contributed by atoms with E-state index in [0.717, 1.165) is 0 Å². The molecule has 9 heteroatoms. The summed E-state index contributed by atoms with van der Waals surface area (Å²) in [5.74, 6) is -2.88. The van der Waals surface area contributed by atoms with E-state index < -0.39 is 42.0 Å². The van der Waals surface area contributed by atoms with Crippen LogP contribution in [0.2, 0.25) is 0 Å². The summed E-state index contributed by atoms with van der Waals surface area (Å²) < 4.78 is 0. The van der Waals surface area contributed by atoms with Crippen molar-refractivity contribution in [3.05, 3.63) is 0 Å². The van der Waals surface area contributed by atoms with Crippen LogP contribution in [-0.4, -0.2) is 64.4 Å². The van der Waals surface area contributed by atoms with Crippen molar-refractivity contribution >= 4 is 23.7 Å². The molecule has 1 heterocycles. The van der Waals surface area contributed by atoms with E-state index in [-0.39, 0.29) is 17.7 Å². The van der Waals surface area contributed by atoms with Crippen molar-refractivity contribution in [3.63, 3.8) is 0 Å². The molecule has 3 amide bonds. The van der Waals surface area contributed by atoms with Crippen LogP contribution in [0.5, 0.6) is 0 Å². The summed E-state index contributed by atoms with van der Waals surface area (Å²) in [6.07, 6.45) is 1.78. The van der Waals surface area contributed by atoms with E-state index in [9.17, 15) is 24.3 Å². The van der Waals surface area contributed by atoms with Gasteiger partial charge in [-0.15, -0.1) is 0 Å². The molecule has 1 saturated heterocycles. The second-order valence-corrected chi connectivity index (χ2v) is 7.92. The Morgan fingerprint density at radius 2 is 1.71 bits per heavy atom. The number of hydrogen-bond acceptors (Lipinski definition) is 5. The zero-order valence-corrected chi connectivity index (χ0v) is 17.4. The first-order chi connectivity index (χ1) is 13.0. The van der Waals surface area contributed by atoms with Gasteiger partial charge in [-0.1, -0.05) is 34.1 Å². The number of rotatable bonds is 9. The van der Waals surface area contributed by atoms with Crippen molar-refractivity contribution in [1.82, 2.24) is 15.5 Å². The van der Waals surface area contributed by atoms with Crippen LogP contribution in [0.1, 0.15) is 53.9 Å². The highest BCUT2D eigenvalue weighted by Gasteiger charge is 2.38. The zero-order valence-electron chi connectivity index (χ0n) is 17.4. The molecule has 160 valence electrons. The number of amides is 3. The number of carbonyl (C=O) groups is 4. The van der Waals surface area contributed by atoms with Crippen LogP contribution in [0, 0.1) is 11.8 Å². The Morgan fingerprint density at radius 3 is 2.18 bits per heavy atom. The Labute approximate surface area is 166 Å². The zero-order chi connectivity index (χ0) is 21.6. The van der Waals surface area contributed by atoms with Gasteiger partial charge in [-0.3, -0.25) is 14.4 Å². The number of likely N-dealkylation sites (tertiary alicyclic amines) is 1. The van der Waals surface area contributed by atoms with Crippen molar-refractivity contribution in [3.8, 4) is 0 Å². The van der Waals surface area contributed by atoms with Crippen LogP contribution in [0.15, 0.2) is 0 Å². The van der Waals surface area contributed by atoms with E-state index in [0.29, 0.717) is 25.8 Å². The number of carboxylic acids is 1. The third kappa shape index (κ3) is 5.92. The minimum Gasteiger partial charge on any atom is -0.480 e. The normalized spacial score (nSPS) is 21.0. The Bertz CT molecular complexity index is 593. The quantitative estimate of drug-likeness (QED) is 0.433. The predicted molar refractivity (Wildman–Crippen MR) is 104 cm³/mol. The molecule has 0 saturated carbocycles. The molecule has 9 nitrogen and oxygen atoms in total. The summed E-state index contributed by atoms with van der Waals surface area (Å²) in [5, 5.41) is 14.6. The first-order valence-electron chi connectivity index (χ1n) is 9.90. The van der Waals surface area contributed by atoms with Gasteiger partial charge in [0.25, 0.3) is 0 Å². The molecule has 1 aliphatic rings. The standard InChI is InChI=1S/C19H34N4O5/c1-6-11(4)15(19(27)28)22-17(25)14(10(2)3)21-16(24)13-8-7-9-23(13)18(26)12(5)20/h10-15H,6-9,20H2,1-5H3,(H,21,24)(H,22,25)(H,27,28). The van der Waals surface area contributed by atoms with E-state index in [1.54, 1.807) is 27.7 Å². The Balaban J connectivity index is 2.88. The minimum absolute atomic E-state index is 0.251. The second-order valence-electron chi connectivity index (χ2n) is 7.92. The molecule has 0 aliphatic carbocycles. The van der Waals surface area contributed by atoms with Crippen LogP contribution in [0.3, 0.4) is 0 Å². The fourth-order valence-electron chi connectivity index (χ4n) is 3.28. The number of nitrogens with one attached hydrogen (secondary N) is 2. The van der Waals surface area contributed by atoms with Gasteiger partial charge < -0.3 is 26.4 Å². The number of nitrogens with zero attached hydrogens (tertiary/aromatic N) is 1. The lowest BCUT2D eigenvalue weighted by Gasteiger charge is -2.29. The second kappa shape index (κ2) is 10.4. The monoisotopic (exact) mass is 398 g/mol. The molecule has 28 heavy (non-hydrogen) atoms. The van der Waals surface area contributed by atoms with Gasteiger partial charge in [-0.05, 0) is 31.6 Å². The minimum atomic E-state index is -1.11. The lowest BCUT2D eigenvalue weighted by molar-refractivity contribution is -0.144. The first-order valence-corrected chi connectivity index (χ1v) is 9.90. The summed E-state index contributed by atoms with van der Waals surface area (Å²) >= 11 is 0. The van der Waals surface area contributed by atoms with E-state index in [1.807, 2.05) is 6.92 Å². The van der Waals surface area contributed by atoms with Gasteiger partial charge >= 0.3 is 5.97 Å². The molecule has 0 aromatic carbocycles. The van der Waals surface area contributed by atoms with Crippen LogP contribution < -0.4 is 16.4 Å². The van der Waals surface area contributed by atoms with Crippen molar-refractivity contribution < 1.29 is 24.3 Å². The maximum Gasteiger partial charge on any atom is 0.326 e. The van der Waals surface area contributed by atoms with Crippen LogP contribution in [0.4, 0.5) is 0 Å². The first kappa shape index (κ1) is 23.9. The molecular formula is C19H34N4O5. The van der Waals surface area contributed by atoms with E-state index >= 15 is 0 Å². The summed E-state index contributed by atoms with van der Waals surface area (Å²) in [7, 11) is 0. The van der Waals surface area contributed by atoms with E-state index in [4.69, 9.17) is 5.73 Å². The number of carboxylic acid groups (broad SMARTS) is 1. The van der Waals surface area contributed by atoms with Gasteiger partial charge in [0, 0.05) is 6.54 Å². The summed E-state index contributed by atoms with van der Waals surface area (Å²) in [6.45, 7) is 9.15. The summed E-state index contributed by atoms with van der Waals surface area (Å²) in [4.78, 5) is 50.6. The largest absolute Gasteiger partial charge is 0.480 e. The number of nitrogens with two attached hydrogens (primary N) is 1. The maximum absolute atomic E-state index is 12.8. The van der Waals surface area contributed by atoms with Gasteiger partial charge in [0.15, 0.2) is 0 Å². The molecular weight excluding hydrogens is 364 g/mol. The van der Waals surface area contributed by atoms with Gasteiger partial charge in [0.1, 0.15) is 18.1 Å². The average Bonchev–Trinajstić information content (AvgIpc) is 3.11. The SMILES string of the molecule is CCC(C)C(NC(=O)C(NC(=O)C1CCCN1C(=O)C(C)N)C(C)C)C(=O)O. The van der Waals surface area contributed by atoms with Gasteiger partial charge in [-0.2, -0.15) is 0 Å². The Hall–Kier alpha value is -2.16. The molecule has 5 unspecified atom stereocenters. The van der Waals surface area contributed by atoms with Gasteiger partial charge in [-0.25, -0.2) is 4.79 Å². The van der Waals surface area contributed by atoms with E-state index in [2.05, 4.69) is 10.6 Å². The van der Waals surface area contributed by atoms with Crippen molar-refractivity contribution in [2.45, 2.75) is 78.0 Å². The van der Waals surface area contributed by atoms with Crippen LogP contribution in [0.25, 0.3) is 0 Å².